The minimum atomic E-state index is 0.964. The van der Waals surface area contributed by atoms with Gasteiger partial charge in [-0.05, 0) is 40.9 Å². The van der Waals surface area contributed by atoms with Gasteiger partial charge < -0.3 is 5.32 Å². The summed E-state index contributed by atoms with van der Waals surface area (Å²) in [6.45, 7) is 5.31. The maximum absolute atomic E-state index is 4.30. The molecule has 1 N–H and O–H groups in total. The Hall–Kier alpha value is -0.570. The lowest BCUT2D eigenvalue weighted by Gasteiger charge is -2.08. The SMILES string of the molecule is CCCCCCNc1nccc(C)c1Br. The molecule has 15 heavy (non-hydrogen) atoms. The van der Waals surface area contributed by atoms with Crippen molar-refractivity contribution in [2.75, 3.05) is 11.9 Å². The first kappa shape index (κ1) is 12.5. The van der Waals surface area contributed by atoms with E-state index in [2.05, 4.69) is 40.1 Å². The first-order chi connectivity index (χ1) is 7.25. The fourth-order valence-corrected chi connectivity index (χ4v) is 1.80. The molecule has 0 aliphatic carbocycles. The van der Waals surface area contributed by atoms with Gasteiger partial charge in [-0.1, -0.05) is 26.2 Å². The van der Waals surface area contributed by atoms with Crippen molar-refractivity contribution in [1.82, 2.24) is 4.98 Å². The number of aromatic nitrogens is 1. The number of unbranched alkanes of at least 4 members (excludes halogenated alkanes) is 3. The Morgan fingerprint density at radius 1 is 1.33 bits per heavy atom. The number of halogens is 1. The summed E-state index contributed by atoms with van der Waals surface area (Å²) in [4.78, 5) is 4.30. The third-order valence-corrected chi connectivity index (χ3v) is 3.41. The molecule has 0 spiro atoms. The highest BCUT2D eigenvalue weighted by Gasteiger charge is 2.02. The lowest BCUT2D eigenvalue weighted by Crippen LogP contribution is -2.04. The second-order valence-electron chi connectivity index (χ2n) is 3.78. The van der Waals surface area contributed by atoms with Crippen molar-refractivity contribution in [1.29, 1.82) is 0 Å². The highest BCUT2D eigenvalue weighted by atomic mass is 79.9. The summed E-state index contributed by atoms with van der Waals surface area (Å²) in [5.74, 6) is 0.964. The van der Waals surface area contributed by atoms with Gasteiger partial charge in [0.1, 0.15) is 5.82 Å². The average molecular weight is 271 g/mol. The number of nitrogens with zero attached hydrogens (tertiary/aromatic N) is 1. The van der Waals surface area contributed by atoms with Gasteiger partial charge in [0.05, 0.1) is 4.47 Å². The zero-order chi connectivity index (χ0) is 11.1. The van der Waals surface area contributed by atoms with Crippen LogP contribution in [0.1, 0.15) is 38.2 Å². The smallest absolute Gasteiger partial charge is 0.140 e. The van der Waals surface area contributed by atoms with E-state index in [1.165, 1.54) is 31.2 Å². The molecule has 1 aromatic heterocycles. The van der Waals surface area contributed by atoms with Crippen molar-refractivity contribution >= 4 is 21.7 Å². The third-order valence-electron chi connectivity index (χ3n) is 2.41. The van der Waals surface area contributed by atoms with Gasteiger partial charge in [-0.15, -0.1) is 0 Å². The quantitative estimate of drug-likeness (QED) is 0.786. The summed E-state index contributed by atoms with van der Waals surface area (Å²) in [6.07, 6.45) is 6.97. The molecule has 84 valence electrons. The Labute approximate surface area is 101 Å². The fourth-order valence-electron chi connectivity index (χ4n) is 1.42. The average Bonchev–Trinajstić information content (AvgIpc) is 2.24. The van der Waals surface area contributed by atoms with Crippen LogP contribution >= 0.6 is 15.9 Å². The zero-order valence-electron chi connectivity index (χ0n) is 9.52. The molecule has 3 heteroatoms. The number of nitrogens with one attached hydrogen (secondary N) is 1. The predicted octanol–water partition coefficient (Wildman–Crippen LogP) is 4.14. The van der Waals surface area contributed by atoms with Crippen LogP contribution < -0.4 is 5.32 Å². The summed E-state index contributed by atoms with van der Waals surface area (Å²) in [5, 5.41) is 3.35. The molecule has 0 saturated carbocycles. The minimum Gasteiger partial charge on any atom is -0.369 e. The van der Waals surface area contributed by atoms with Crippen LogP contribution in [0.3, 0.4) is 0 Å². The van der Waals surface area contributed by atoms with Crippen molar-refractivity contribution in [3.63, 3.8) is 0 Å². The van der Waals surface area contributed by atoms with Crippen LogP contribution in [0, 0.1) is 6.92 Å². The minimum absolute atomic E-state index is 0.964. The van der Waals surface area contributed by atoms with Crippen molar-refractivity contribution < 1.29 is 0 Å². The van der Waals surface area contributed by atoms with Crippen LogP contribution in [0.4, 0.5) is 5.82 Å². The molecule has 1 heterocycles. The molecule has 0 atom stereocenters. The van der Waals surface area contributed by atoms with Crippen molar-refractivity contribution in [3.05, 3.63) is 22.3 Å². The van der Waals surface area contributed by atoms with E-state index >= 15 is 0 Å². The molecule has 0 fully saturated rings. The highest BCUT2D eigenvalue weighted by molar-refractivity contribution is 9.10. The van der Waals surface area contributed by atoms with E-state index in [4.69, 9.17) is 0 Å². The maximum atomic E-state index is 4.30. The van der Waals surface area contributed by atoms with E-state index in [9.17, 15) is 0 Å². The Morgan fingerprint density at radius 3 is 2.87 bits per heavy atom. The summed E-state index contributed by atoms with van der Waals surface area (Å²) >= 11 is 3.54. The first-order valence-electron chi connectivity index (χ1n) is 5.60. The number of aryl methyl sites for hydroxylation is 1. The molecule has 0 saturated heterocycles. The van der Waals surface area contributed by atoms with Crippen LogP contribution in [0.2, 0.25) is 0 Å². The molecule has 0 unspecified atom stereocenters. The van der Waals surface area contributed by atoms with Crippen LogP contribution in [0.25, 0.3) is 0 Å². The molecule has 0 bridgehead atoms. The van der Waals surface area contributed by atoms with Crippen LogP contribution in [-0.2, 0) is 0 Å². The van der Waals surface area contributed by atoms with Gasteiger partial charge in [-0.2, -0.15) is 0 Å². The predicted molar refractivity (Wildman–Crippen MR) is 69.3 cm³/mol. The second kappa shape index (κ2) is 6.83. The Balaban J connectivity index is 2.34. The summed E-state index contributed by atoms with van der Waals surface area (Å²) < 4.78 is 1.08. The topological polar surface area (TPSA) is 24.9 Å². The lowest BCUT2D eigenvalue weighted by molar-refractivity contribution is 0.684. The monoisotopic (exact) mass is 270 g/mol. The van der Waals surface area contributed by atoms with Gasteiger partial charge in [-0.3, -0.25) is 0 Å². The second-order valence-corrected chi connectivity index (χ2v) is 4.57. The molecule has 0 aliphatic rings. The molecule has 1 aromatic rings. The van der Waals surface area contributed by atoms with Crippen LogP contribution in [-0.4, -0.2) is 11.5 Å². The highest BCUT2D eigenvalue weighted by Crippen LogP contribution is 2.23. The van der Waals surface area contributed by atoms with Crippen molar-refractivity contribution in [2.24, 2.45) is 0 Å². The van der Waals surface area contributed by atoms with Gasteiger partial charge in [-0.25, -0.2) is 4.98 Å². The molecule has 0 aliphatic heterocycles. The number of hydrogen-bond donors (Lipinski definition) is 1. The molecule has 1 rings (SSSR count). The standard InChI is InChI=1S/C12H19BrN2/c1-3-4-5-6-8-14-12-11(13)10(2)7-9-15-12/h7,9H,3-6,8H2,1-2H3,(H,14,15). The Morgan fingerprint density at radius 2 is 2.13 bits per heavy atom. The molecule has 0 aromatic carbocycles. The summed E-state index contributed by atoms with van der Waals surface area (Å²) in [5.41, 5.74) is 1.22. The van der Waals surface area contributed by atoms with E-state index < -0.39 is 0 Å². The molecular formula is C12H19BrN2. The number of hydrogen-bond acceptors (Lipinski definition) is 2. The fraction of sp³-hybridized carbons (Fsp3) is 0.583. The van der Waals surface area contributed by atoms with Gasteiger partial charge >= 0.3 is 0 Å². The van der Waals surface area contributed by atoms with Crippen LogP contribution in [0.15, 0.2) is 16.7 Å². The third kappa shape index (κ3) is 4.20. The maximum Gasteiger partial charge on any atom is 0.140 e. The van der Waals surface area contributed by atoms with Crippen molar-refractivity contribution in [2.45, 2.75) is 39.5 Å². The van der Waals surface area contributed by atoms with E-state index in [1.54, 1.807) is 0 Å². The normalized spacial score (nSPS) is 10.3. The zero-order valence-corrected chi connectivity index (χ0v) is 11.1. The molecular weight excluding hydrogens is 252 g/mol. The Kier molecular flexibility index (Phi) is 5.69. The number of pyridine rings is 1. The number of rotatable bonds is 6. The molecule has 2 nitrogen and oxygen atoms in total. The first-order valence-corrected chi connectivity index (χ1v) is 6.40. The van der Waals surface area contributed by atoms with Gasteiger partial charge in [0, 0.05) is 12.7 Å². The molecule has 0 amide bonds. The summed E-state index contributed by atoms with van der Waals surface area (Å²) in [6, 6.07) is 2.01. The van der Waals surface area contributed by atoms with E-state index in [0.717, 1.165) is 16.8 Å². The largest absolute Gasteiger partial charge is 0.369 e. The van der Waals surface area contributed by atoms with Crippen LogP contribution in [0.5, 0.6) is 0 Å². The summed E-state index contributed by atoms with van der Waals surface area (Å²) in [7, 11) is 0. The van der Waals surface area contributed by atoms with E-state index in [0.29, 0.717) is 0 Å². The lowest BCUT2D eigenvalue weighted by atomic mass is 10.2. The van der Waals surface area contributed by atoms with Gasteiger partial charge in [0.2, 0.25) is 0 Å². The molecule has 0 radical (unpaired) electrons. The van der Waals surface area contributed by atoms with Gasteiger partial charge in [0.15, 0.2) is 0 Å². The van der Waals surface area contributed by atoms with E-state index in [-0.39, 0.29) is 0 Å². The van der Waals surface area contributed by atoms with Gasteiger partial charge in [0.25, 0.3) is 0 Å². The Bertz CT molecular complexity index is 300. The number of anilines is 1. The van der Waals surface area contributed by atoms with Crippen molar-refractivity contribution in [3.8, 4) is 0 Å². The van der Waals surface area contributed by atoms with E-state index in [1.807, 2.05) is 12.3 Å².